The topological polar surface area (TPSA) is 83.9 Å². The molecule has 0 aliphatic carbocycles. The van der Waals surface area contributed by atoms with Crippen molar-refractivity contribution in [3.63, 3.8) is 0 Å². The van der Waals surface area contributed by atoms with Gasteiger partial charge in [0, 0.05) is 43.4 Å². The molecule has 1 N–H and O–H groups in total. The Kier molecular flexibility index (Phi) is 6.76. The Morgan fingerprint density at radius 2 is 1.82 bits per heavy atom. The van der Waals surface area contributed by atoms with Gasteiger partial charge in [-0.25, -0.2) is 19.9 Å². The van der Waals surface area contributed by atoms with E-state index < -0.39 is 11.7 Å². The lowest BCUT2D eigenvalue weighted by atomic mass is 9.89. The van der Waals surface area contributed by atoms with Crippen LogP contribution in [-0.2, 0) is 6.18 Å². The van der Waals surface area contributed by atoms with Gasteiger partial charge >= 0.3 is 6.18 Å². The fourth-order valence-electron chi connectivity index (χ4n) is 4.29. The molecule has 2 atom stereocenters. The van der Waals surface area contributed by atoms with Gasteiger partial charge in [0.15, 0.2) is 5.82 Å². The van der Waals surface area contributed by atoms with Crippen LogP contribution >= 0.6 is 0 Å². The van der Waals surface area contributed by atoms with E-state index in [0.717, 1.165) is 30.8 Å². The molecule has 3 heterocycles. The van der Waals surface area contributed by atoms with Gasteiger partial charge in [0.05, 0.1) is 17.2 Å². The van der Waals surface area contributed by atoms with Gasteiger partial charge in [-0.1, -0.05) is 25.1 Å². The molecule has 1 aliphatic rings. The van der Waals surface area contributed by atoms with Crippen LogP contribution in [0.25, 0.3) is 11.4 Å². The summed E-state index contributed by atoms with van der Waals surface area (Å²) in [5, 5.41) is 3.01. The molecule has 0 radical (unpaired) electrons. The van der Waals surface area contributed by atoms with Crippen molar-refractivity contribution in [1.82, 2.24) is 24.8 Å². The number of aryl methyl sites for hydroxylation is 1. The summed E-state index contributed by atoms with van der Waals surface area (Å²) in [5.41, 5.74) is 1.14. The van der Waals surface area contributed by atoms with Crippen molar-refractivity contribution >= 4 is 11.9 Å². The van der Waals surface area contributed by atoms with E-state index in [-0.39, 0.29) is 23.8 Å². The molecule has 1 aliphatic heterocycles. The Labute approximate surface area is 195 Å². The van der Waals surface area contributed by atoms with E-state index in [0.29, 0.717) is 30.0 Å². The summed E-state index contributed by atoms with van der Waals surface area (Å²) >= 11 is 0. The number of carbonyl (C=O) groups is 1. The highest BCUT2D eigenvalue weighted by molar-refractivity contribution is 6.01. The second-order valence-electron chi connectivity index (χ2n) is 8.43. The second-order valence-corrected chi connectivity index (χ2v) is 8.43. The molecule has 178 valence electrons. The maximum absolute atomic E-state index is 13.8. The summed E-state index contributed by atoms with van der Waals surface area (Å²) in [6, 6.07) is 7.13. The first-order valence-electron chi connectivity index (χ1n) is 11.1. The molecular formula is C24H25F3N6O. The van der Waals surface area contributed by atoms with E-state index in [9.17, 15) is 18.0 Å². The highest BCUT2D eigenvalue weighted by Gasteiger charge is 2.35. The molecule has 1 fully saturated rings. The lowest BCUT2D eigenvalue weighted by Crippen LogP contribution is -2.51. The molecule has 0 unspecified atom stereocenters. The number of hydrogen-bond donors (Lipinski definition) is 1. The van der Waals surface area contributed by atoms with E-state index in [1.54, 1.807) is 18.5 Å². The molecule has 1 amide bonds. The Balaban J connectivity index is 1.58. The van der Waals surface area contributed by atoms with Crippen LogP contribution in [0.15, 0.2) is 49.1 Å². The summed E-state index contributed by atoms with van der Waals surface area (Å²) in [4.78, 5) is 31.9. The Bertz CT molecular complexity index is 1140. The first-order valence-corrected chi connectivity index (χ1v) is 11.1. The van der Waals surface area contributed by atoms with Crippen molar-refractivity contribution in [2.75, 3.05) is 18.4 Å². The van der Waals surface area contributed by atoms with Crippen molar-refractivity contribution in [3.05, 3.63) is 65.7 Å². The molecule has 3 aromatic rings. The van der Waals surface area contributed by atoms with Gasteiger partial charge in [0.1, 0.15) is 0 Å². The van der Waals surface area contributed by atoms with Crippen LogP contribution in [0.4, 0.5) is 19.1 Å². The standard InChI is InChI=1S/C24H25F3N6O/c1-15-7-4-11-33(19(15)14-32-23-30-12-17(13-31-23)24(25,26)27)22(34)20-16(2)6-3-8-18(20)21-28-9-5-10-29-21/h3,5-6,8-10,12-13,15,19H,4,7,11,14H2,1-2H3,(H,30,31,32)/t15-,19-/m1/s1. The molecule has 0 spiro atoms. The summed E-state index contributed by atoms with van der Waals surface area (Å²) in [5.74, 6) is 0.632. The van der Waals surface area contributed by atoms with E-state index in [1.165, 1.54) is 0 Å². The molecular weight excluding hydrogens is 445 g/mol. The van der Waals surface area contributed by atoms with Crippen LogP contribution < -0.4 is 5.32 Å². The molecule has 7 nitrogen and oxygen atoms in total. The minimum absolute atomic E-state index is 0.0902. The number of nitrogens with one attached hydrogen (secondary N) is 1. The zero-order valence-corrected chi connectivity index (χ0v) is 18.9. The van der Waals surface area contributed by atoms with Gasteiger partial charge < -0.3 is 10.2 Å². The monoisotopic (exact) mass is 470 g/mol. The first-order chi connectivity index (χ1) is 16.3. The molecule has 2 aromatic heterocycles. The average Bonchev–Trinajstić information content (AvgIpc) is 2.83. The molecule has 1 saturated heterocycles. The first kappa shape index (κ1) is 23.6. The zero-order valence-electron chi connectivity index (χ0n) is 18.9. The maximum Gasteiger partial charge on any atom is 0.419 e. The number of nitrogens with zero attached hydrogens (tertiary/aromatic N) is 5. The van der Waals surface area contributed by atoms with E-state index >= 15 is 0 Å². The average molecular weight is 470 g/mol. The Hall–Kier alpha value is -3.56. The van der Waals surface area contributed by atoms with Crippen molar-refractivity contribution in [3.8, 4) is 11.4 Å². The number of rotatable bonds is 5. The van der Waals surface area contributed by atoms with Gasteiger partial charge in [-0.15, -0.1) is 0 Å². The second kappa shape index (κ2) is 9.74. The molecule has 34 heavy (non-hydrogen) atoms. The molecule has 0 bridgehead atoms. The highest BCUT2D eigenvalue weighted by Crippen LogP contribution is 2.31. The number of carbonyl (C=O) groups excluding carboxylic acids is 1. The lowest BCUT2D eigenvalue weighted by Gasteiger charge is -2.40. The number of likely N-dealkylation sites (tertiary alicyclic amines) is 1. The fraction of sp³-hybridized carbons (Fsp3) is 0.375. The van der Waals surface area contributed by atoms with Crippen molar-refractivity contribution < 1.29 is 18.0 Å². The predicted octanol–water partition coefficient (Wildman–Crippen LogP) is 4.61. The fourth-order valence-corrected chi connectivity index (χ4v) is 4.29. The minimum Gasteiger partial charge on any atom is -0.352 e. The SMILES string of the molecule is Cc1cccc(-c2ncccn2)c1C(=O)N1CCC[C@@H](C)[C@H]1CNc1ncc(C(F)(F)F)cn1. The quantitative estimate of drug-likeness (QED) is 0.586. The number of aromatic nitrogens is 4. The largest absolute Gasteiger partial charge is 0.419 e. The third kappa shape index (κ3) is 5.00. The summed E-state index contributed by atoms with van der Waals surface area (Å²) in [7, 11) is 0. The maximum atomic E-state index is 13.8. The van der Waals surface area contributed by atoms with Crippen LogP contribution in [0.3, 0.4) is 0 Å². The van der Waals surface area contributed by atoms with Crippen LogP contribution in [0, 0.1) is 12.8 Å². The smallest absolute Gasteiger partial charge is 0.352 e. The number of piperidine rings is 1. The van der Waals surface area contributed by atoms with Crippen molar-refractivity contribution in [1.29, 1.82) is 0 Å². The molecule has 10 heteroatoms. The van der Waals surface area contributed by atoms with Crippen LogP contribution in [0.1, 0.15) is 41.3 Å². The summed E-state index contributed by atoms with van der Waals surface area (Å²) in [6.45, 7) is 4.85. The molecule has 0 saturated carbocycles. The number of benzene rings is 1. The van der Waals surface area contributed by atoms with E-state index in [1.807, 2.05) is 30.0 Å². The third-order valence-electron chi connectivity index (χ3n) is 6.12. The van der Waals surface area contributed by atoms with Crippen LogP contribution in [0.5, 0.6) is 0 Å². The summed E-state index contributed by atoms with van der Waals surface area (Å²) < 4.78 is 38.3. The highest BCUT2D eigenvalue weighted by atomic mass is 19.4. The van der Waals surface area contributed by atoms with Crippen molar-refractivity contribution in [2.24, 2.45) is 5.92 Å². The van der Waals surface area contributed by atoms with E-state index in [2.05, 4.69) is 32.2 Å². The normalized spacial score (nSPS) is 18.6. The Morgan fingerprint density at radius 1 is 1.12 bits per heavy atom. The molecule has 1 aromatic carbocycles. The predicted molar refractivity (Wildman–Crippen MR) is 121 cm³/mol. The zero-order chi connectivity index (χ0) is 24.3. The number of hydrogen-bond acceptors (Lipinski definition) is 6. The van der Waals surface area contributed by atoms with Gasteiger partial charge in [-0.3, -0.25) is 4.79 Å². The summed E-state index contributed by atoms with van der Waals surface area (Å²) in [6.07, 6.45) is 2.09. The molecule has 4 rings (SSSR count). The van der Waals surface area contributed by atoms with Gasteiger partial charge in [0.2, 0.25) is 5.95 Å². The minimum atomic E-state index is -4.49. The third-order valence-corrected chi connectivity index (χ3v) is 6.12. The van der Waals surface area contributed by atoms with Crippen LogP contribution in [-0.4, -0.2) is 49.9 Å². The van der Waals surface area contributed by atoms with Gasteiger partial charge in [-0.05, 0) is 37.3 Å². The van der Waals surface area contributed by atoms with E-state index in [4.69, 9.17) is 0 Å². The lowest BCUT2D eigenvalue weighted by molar-refractivity contribution is -0.138. The number of amides is 1. The number of alkyl halides is 3. The van der Waals surface area contributed by atoms with Crippen LogP contribution in [0.2, 0.25) is 0 Å². The number of halogens is 3. The van der Waals surface area contributed by atoms with Crippen molar-refractivity contribution in [2.45, 2.75) is 38.9 Å². The van der Waals surface area contributed by atoms with Gasteiger partial charge in [-0.2, -0.15) is 13.2 Å². The van der Waals surface area contributed by atoms with Gasteiger partial charge in [0.25, 0.3) is 5.91 Å². The Morgan fingerprint density at radius 3 is 2.50 bits per heavy atom. The number of anilines is 1.